The summed E-state index contributed by atoms with van der Waals surface area (Å²) in [7, 11) is -3.00. The van der Waals surface area contributed by atoms with Gasteiger partial charge in [0.25, 0.3) is 0 Å². The molecule has 12 heteroatoms. The topological polar surface area (TPSA) is 108 Å². The Bertz CT molecular complexity index is 1360. The van der Waals surface area contributed by atoms with E-state index >= 15 is 0 Å². The molecule has 0 spiro atoms. The van der Waals surface area contributed by atoms with E-state index in [2.05, 4.69) is 32.8 Å². The Morgan fingerprint density at radius 2 is 1.87 bits per heavy atom. The molecule has 202 valence electrons. The first-order valence-corrected chi connectivity index (χ1v) is 15.2. The Morgan fingerprint density at radius 1 is 1.13 bits per heavy atom. The molecule has 0 atom stereocenters. The molecule has 3 fully saturated rings. The van der Waals surface area contributed by atoms with Gasteiger partial charge in [0.05, 0.1) is 27.8 Å². The van der Waals surface area contributed by atoms with Gasteiger partial charge in [0.2, 0.25) is 5.91 Å². The van der Waals surface area contributed by atoms with Crippen LogP contribution in [0.25, 0.3) is 0 Å². The number of amides is 1. The molecule has 3 saturated heterocycles. The van der Waals surface area contributed by atoms with Crippen molar-refractivity contribution in [1.82, 2.24) is 19.8 Å². The Kier molecular flexibility index (Phi) is 6.69. The summed E-state index contributed by atoms with van der Waals surface area (Å²) in [5.41, 5.74) is 2.73. The summed E-state index contributed by atoms with van der Waals surface area (Å²) in [6.45, 7) is 8.11. The lowest BCUT2D eigenvalue weighted by molar-refractivity contribution is -0.133. The number of hydrogen-bond acceptors (Lipinski definition) is 9. The van der Waals surface area contributed by atoms with Crippen LogP contribution in [-0.2, 0) is 21.2 Å². The molecular weight excluding hydrogens is 528 g/mol. The molecule has 6 rings (SSSR count). The van der Waals surface area contributed by atoms with E-state index in [4.69, 9.17) is 16.3 Å². The van der Waals surface area contributed by atoms with Gasteiger partial charge in [-0.15, -0.1) is 0 Å². The van der Waals surface area contributed by atoms with Crippen molar-refractivity contribution in [3.8, 4) is 5.75 Å². The minimum Gasteiger partial charge on any atom is -0.485 e. The van der Waals surface area contributed by atoms with E-state index in [1.54, 1.807) is 0 Å². The molecule has 0 bridgehead atoms. The average Bonchev–Trinajstić information content (AvgIpc) is 3.08. The third kappa shape index (κ3) is 4.83. The first-order chi connectivity index (χ1) is 18.3. The van der Waals surface area contributed by atoms with Crippen LogP contribution in [0.2, 0.25) is 5.02 Å². The fourth-order valence-corrected chi connectivity index (χ4v) is 7.28. The highest BCUT2D eigenvalue weighted by molar-refractivity contribution is 7.91. The number of nitrogens with one attached hydrogen (secondary N) is 1. The van der Waals surface area contributed by atoms with Gasteiger partial charge in [0, 0.05) is 32.2 Å². The van der Waals surface area contributed by atoms with E-state index < -0.39 is 9.84 Å². The fraction of sp³-hybridized carbons (Fsp3) is 0.500. The van der Waals surface area contributed by atoms with Crippen molar-refractivity contribution in [2.75, 3.05) is 61.0 Å². The number of halogens is 1. The highest BCUT2D eigenvalue weighted by Crippen LogP contribution is 2.43. The molecule has 38 heavy (non-hydrogen) atoms. The Labute approximate surface area is 227 Å². The van der Waals surface area contributed by atoms with E-state index in [0.717, 1.165) is 50.3 Å². The molecule has 1 N–H and O–H groups in total. The standard InChI is InChI=1S/C26H31ClN6O4S/c1-2-23(34)33-13-19(14-33)31-5-3-17(4-6-31)18-11-21(27)24-22(12-18)30-25-20(15-37-24)26(29-16-28-25)32-7-9-38(35,36)10-8-32/h2,11-12,16-17,19H,1,3-10,13-15H2,(H,28,29,30). The molecule has 0 aliphatic carbocycles. The van der Waals surface area contributed by atoms with Crippen molar-refractivity contribution < 1.29 is 17.9 Å². The molecule has 0 unspecified atom stereocenters. The number of aromatic nitrogens is 2. The molecule has 1 aromatic heterocycles. The summed E-state index contributed by atoms with van der Waals surface area (Å²) < 4.78 is 30.0. The normalized spacial score (nSPS) is 21.8. The lowest BCUT2D eigenvalue weighted by atomic mass is 9.88. The minimum absolute atomic E-state index is 0.00770. The second kappa shape index (κ2) is 10.0. The molecule has 2 aromatic rings. The number of ether oxygens (including phenoxy) is 1. The van der Waals surface area contributed by atoms with Crippen molar-refractivity contribution in [3.05, 3.63) is 47.3 Å². The Hall–Kier alpha value is -2.89. The molecule has 0 saturated carbocycles. The number of piperidine rings is 1. The number of hydrogen-bond donors (Lipinski definition) is 1. The summed E-state index contributed by atoms with van der Waals surface area (Å²) in [5, 5.41) is 3.98. The molecule has 4 aliphatic heterocycles. The molecular formula is C26H31ClN6O4S. The van der Waals surface area contributed by atoms with Crippen molar-refractivity contribution >= 4 is 44.7 Å². The van der Waals surface area contributed by atoms with Crippen LogP contribution in [0.5, 0.6) is 5.75 Å². The van der Waals surface area contributed by atoms with Gasteiger partial charge in [-0.2, -0.15) is 0 Å². The van der Waals surface area contributed by atoms with Crippen LogP contribution >= 0.6 is 11.6 Å². The van der Waals surface area contributed by atoms with E-state index in [0.29, 0.717) is 47.5 Å². The third-order valence-electron chi connectivity index (χ3n) is 8.11. The van der Waals surface area contributed by atoms with Gasteiger partial charge in [0.1, 0.15) is 24.6 Å². The first-order valence-electron chi connectivity index (χ1n) is 13.0. The maximum absolute atomic E-state index is 11.9. The van der Waals surface area contributed by atoms with E-state index in [1.807, 2.05) is 15.9 Å². The number of rotatable bonds is 4. The van der Waals surface area contributed by atoms with Gasteiger partial charge in [-0.05, 0) is 55.6 Å². The van der Waals surface area contributed by atoms with Gasteiger partial charge in [-0.1, -0.05) is 18.2 Å². The van der Waals surface area contributed by atoms with Crippen LogP contribution in [0.1, 0.15) is 29.9 Å². The highest BCUT2D eigenvalue weighted by atomic mass is 35.5. The number of sulfone groups is 1. The number of fused-ring (bicyclic) bond motifs is 2. The molecule has 10 nitrogen and oxygen atoms in total. The molecule has 1 amide bonds. The maximum Gasteiger partial charge on any atom is 0.246 e. The summed E-state index contributed by atoms with van der Waals surface area (Å²) in [6, 6.07) is 4.55. The largest absolute Gasteiger partial charge is 0.485 e. The monoisotopic (exact) mass is 558 g/mol. The average molecular weight is 559 g/mol. The van der Waals surface area contributed by atoms with Gasteiger partial charge in [-0.25, -0.2) is 18.4 Å². The Balaban J connectivity index is 1.16. The fourth-order valence-electron chi connectivity index (χ4n) is 5.80. The molecule has 1 aromatic carbocycles. The van der Waals surface area contributed by atoms with Gasteiger partial charge in [-0.3, -0.25) is 9.69 Å². The lowest BCUT2D eigenvalue weighted by Crippen LogP contribution is -2.61. The molecule has 0 radical (unpaired) electrons. The van der Waals surface area contributed by atoms with Crippen LogP contribution in [0.3, 0.4) is 0 Å². The van der Waals surface area contributed by atoms with Crippen LogP contribution in [0.4, 0.5) is 17.3 Å². The second-order valence-electron chi connectivity index (χ2n) is 10.4. The number of carbonyl (C=O) groups excluding carboxylic acids is 1. The first kappa shape index (κ1) is 25.4. The summed E-state index contributed by atoms with van der Waals surface area (Å²) in [6.07, 6.45) is 4.92. The predicted molar refractivity (Wildman–Crippen MR) is 146 cm³/mol. The van der Waals surface area contributed by atoms with E-state index in [9.17, 15) is 13.2 Å². The van der Waals surface area contributed by atoms with Crippen LogP contribution in [0.15, 0.2) is 31.1 Å². The second-order valence-corrected chi connectivity index (χ2v) is 13.1. The van der Waals surface area contributed by atoms with Crippen molar-refractivity contribution in [1.29, 1.82) is 0 Å². The summed E-state index contributed by atoms with van der Waals surface area (Å²) >= 11 is 6.74. The third-order valence-corrected chi connectivity index (χ3v) is 10.0. The highest BCUT2D eigenvalue weighted by Gasteiger charge is 2.36. The number of benzene rings is 1. The van der Waals surface area contributed by atoms with Crippen molar-refractivity contribution in [2.24, 2.45) is 0 Å². The number of nitrogens with zero attached hydrogens (tertiary/aromatic N) is 5. The van der Waals surface area contributed by atoms with Crippen molar-refractivity contribution in [2.45, 2.75) is 31.4 Å². The summed E-state index contributed by atoms with van der Waals surface area (Å²) in [4.78, 5) is 27.0. The maximum atomic E-state index is 11.9. The SMILES string of the molecule is C=CC(=O)N1CC(N2CCC(c3cc(Cl)c4c(c3)Nc3ncnc(N5CCS(=O)(=O)CC5)c3CO4)CC2)C1. The number of anilines is 3. The smallest absolute Gasteiger partial charge is 0.246 e. The molecule has 4 aliphatic rings. The number of likely N-dealkylation sites (tertiary alicyclic amines) is 2. The predicted octanol–water partition coefficient (Wildman–Crippen LogP) is 2.58. The zero-order valence-electron chi connectivity index (χ0n) is 21.1. The summed E-state index contributed by atoms with van der Waals surface area (Å²) in [5.74, 6) is 2.53. The van der Waals surface area contributed by atoms with Gasteiger partial charge >= 0.3 is 0 Å². The van der Waals surface area contributed by atoms with Crippen LogP contribution < -0.4 is 15.0 Å². The van der Waals surface area contributed by atoms with Gasteiger partial charge < -0.3 is 19.9 Å². The zero-order chi connectivity index (χ0) is 26.4. The Morgan fingerprint density at radius 3 is 2.58 bits per heavy atom. The zero-order valence-corrected chi connectivity index (χ0v) is 22.7. The van der Waals surface area contributed by atoms with Gasteiger partial charge in [0.15, 0.2) is 15.6 Å². The van der Waals surface area contributed by atoms with E-state index in [1.165, 1.54) is 18.0 Å². The lowest BCUT2D eigenvalue weighted by Gasteiger charge is -2.47. The number of carbonyl (C=O) groups is 1. The minimum atomic E-state index is -3.00. The van der Waals surface area contributed by atoms with E-state index in [-0.39, 0.29) is 24.0 Å². The molecule has 5 heterocycles. The van der Waals surface area contributed by atoms with Crippen LogP contribution in [0, 0.1) is 0 Å². The quantitative estimate of drug-likeness (QED) is 0.566. The van der Waals surface area contributed by atoms with Crippen LogP contribution in [-0.4, -0.2) is 90.9 Å². The van der Waals surface area contributed by atoms with Crippen molar-refractivity contribution in [3.63, 3.8) is 0 Å².